The molecule has 1 aliphatic heterocycles. The Morgan fingerprint density at radius 3 is 2.09 bits per heavy atom. The van der Waals surface area contributed by atoms with Crippen molar-refractivity contribution in [1.82, 2.24) is 4.90 Å². The minimum Gasteiger partial charge on any atom is -0.287 e. The number of fused-ring (bicyclic) bond motifs is 2. The van der Waals surface area contributed by atoms with Gasteiger partial charge in [-0.2, -0.15) is 0 Å². The third kappa shape index (κ3) is 3.28. The summed E-state index contributed by atoms with van der Waals surface area (Å²) in [5.41, 5.74) is 0.997. The van der Waals surface area contributed by atoms with Crippen molar-refractivity contribution in [2.24, 2.45) is 0 Å². The first-order valence-corrected chi connectivity index (χ1v) is 11.2. The van der Waals surface area contributed by atoms with Gasteiger partial charge in [-0.25, -0.2) is 0 Å². The first-order chi connectivity index (χ1) is 15.5. The molecule has 0 fully saturated rings. The molecular weight excluding hydrogens is 467 g/mol. The first kappa shape index (κ1) is 20.7. The second-order valence-electron chi connectivity index (χ2n) is 7.15. The van der Waals surface area contributed by atoms with E-state index < -0.39 is 17.7 Å². The monoisotopic (exact) mass is 480 g/mol. The predicted molar refractivity (Wildman–Crippen MR) is 127 cm³/mol. The smallest absolute Gasteiger partial charge is 0.271 e. The highest BCUT2D eigenvalue weighted by Gasteiger charge is 2.38. The molecule has 0 spiro atoms. The van der Waals surface area contributed by atoms with Gasteiger partial charge in [-0.05, 0) is 30.3 Å². The number of para-hydroxylation sites is 1. The molecule has 3 aromatic carbocycles. The van der Waals surface area contributed by atoms with Crippen LogP contribution < -0.4 is 4.90 Å². The van der Waals surface area contributed by atoms with Crippen LogP contribution >= 0.6 is 34.5 Å². The lowest BCUT2D eigenvalue weighted by Crippen LogP contribution is -2.44. The van der Waals surface area contributed by atoms with Crippen LogP contribution in [0.4, 0.5) is 5.69 Å². The molecule has 0 N–H and O–H groups in total. The molecule has 1 aromatic heterocycles. The molecule has 8 heteroatoms. The summed E-state index contributed by atoms with van der Waals surface area (Å²) < 4.78 is 0.862. The van der Waals surface area contributed by atoms with Crippen molar-refractivity contribution < 1.29 is 14.4 Å². The molecule has 158 valence electrons. The van der Waals surface area contributed by atoms with E-state index in [1.54, 1.807) is 48.5 Å². The average molecular weight is 481 g/mol. The van der Waals surface area contributed by atoms with Gasteiger partial charge in [0.05, 0.1) is 26.9 Å². The van der Waals surface area contributed by atoms with Crippen LogP contribution in [-0.2, 0) is 0 Å². The van der Waals surface area contributed by atoms with Crippen LogP contribution in [0.5, 0.6) is 0 Å². The number of hydrogen-bond donors (Lipinski definition) is 0. The van der Waals surface area contributed by atoms with Gasteiger partial charge >= 0.3 is 0 Å². The quantitative estimate of drug-likeness (QED) is 0.331. The Balaban J connectivity index is 1.59. The topological polar surface area (TPSA) is 57.7 Å². The summed E-state index contributed by atoms with van der Waals surface area (Å²) in [5, 5.41) is 1.41. The zero-order valence-corrected chi connectivity index (χ0v) is 18.7. The Kier molecular flexibility index (Phi) is 5.21. The van der Waals surface area contributed by atoms with Crippen molar-refractivity contribution in [3.63, 3.8) is 0 Å². The lowest BCUT2D eigenvalue weighted by atomic mass is 10.1. The summed E-state index contributed by atoms with van der Waals surface area (Å²) in [6, 6.07) is 20.8. The van der Waals surface area contributed by atoms with Crippen LogP contribution in [0, 0.1) is 0 Å². The van der Waals surface area contributed by atoms with Crippen molar-refractivity contribution in [3.05, 3.63) is 98.8 Å². The number of imide groups is 1. The van der Waals surface area contributed by atoms with E-state index in [1.807, 2.05) is 24.3 Å². The number of carbonyl (C=O) groups excluding carboxylic acids is 3. The largest absolute Gasteiger partial charge is 0.287 e. The Morgan fingerprint density at radius 1 is 0.844 bits per heavy atom. The number of hydrogen-bond acceptors (Lipinski definition) is 4. The number of rotatable bonds is 4. The summed E-state index contributed by atoms with van der Waals surface area (Å²) in [6.45, 7) is -0.292. The van der Waals surface area contributed by atoms with E-state index in [0.717, 1.165) is 15.0 Å². The van der Waals surface area contributed by atoms with Crippen LogP contribution in [0.1, 0.15) is 30.4 Å². The number of anilines is 1. The van der Waals surface area contributed by atoms with Crippen molar-refractivity contribution >= 4 is 68.0 Å². The standard InChI is InChI=1S/C24H14Cl2N2O3S/c25-17-10-4-5-11-18(17)27(13-28-22(29)14-7-1-2-8-15(14)23(28)30)24(31)21-20(26)16-9-3-6-12-19(16)32-21/h1-12H,13H2. The molecular formula is C24H14Cl2N2O3S. The minimum absolute atomic E-state index is 0.292. The number of benzene rings is 3. The molecule has 5 nitrogen and oxygen atoms in total. The second-order valence-corrected chi connectivity index (χ2v) is 8.99. The van der Waals surface area contributed by atoms with Crippen molar-refractivity contribution in [2.45, 2.75) is 0 Å². The summed E-state index contributed by atoms with van der Waals surface area (Å²) in [6.07, 6.45) is 0. The van der Waals surface area contributed by atoms with Crippen molar-refractivity contribution in [3.8, 4) is 0 Å². The highest BCUT2D eigenvalue weighted by Crippen LogP contribution is 2.38. The molecule has 0 aliphatic carbocycles. The molecule has 5 rings (SSSR count). The van der Waals surface area contributed by atoms with Crippen LogP contribution in [0.3, 0.4) is 0 Å². The van der Waals surface area contributed by atoms with E-state index in [4.69, 9.17) is 23.2 Å². The summed E-state index contributed by atoms with van der Waals surface area (Å²) in [7, 11) is 0. The average Bonchev–Trinajstić information content (AvgIpc) is 3.27. The predicted octanol–water partition coefficient (Wildman–Crippen LogP) is 6.11. The third-order valence-electron chi connectivity index (χ3n) is 5.28. The molecule has 0 saturated carbocycles. The third-order valence-corrected chi connectivity index (χ3v) is 7.26. The Labute approximate surface area is 197 Å². The Morgan fingerprint density at radius 2 is 1.44 bits per heavy atom. The van der Waals surface area contributed by atoms with Gasteiger partial charge in [-0.1, -0.05) is 65.7 Å². The number of amides is 3. The highest BCUT2D eigenvalue weighted by atomic mass is 35.5. The van der Waals surface area contributed by atoms with Crippen LogP contribution in [-0.4, -0.2) is 29.3 Å². The molecule has 2 heterocycles. The second kappa shape index (κ2) is 8.06. The molecule has 4 aromatic rings. The number of thiophene rings is 1. The molecule has 0 saturated heterocycles. The highest BCUT2D eigenvalue weighted by molar-refractivity contribution is 7.21. The maximum Gasteiger partial charge on any atom is 0.271 e. The zero-order valence-electron chi connectivity index (χ0n) is 16.4. The number of carbonyl (C=O) groups is 3. The number of halogens is 2. The molecule has 0 radical (unpaired) electrons. The molecule has 32 heavy (non-hydrogen) atoms. The fourth-order valence-corrected chi connectivity index (χ4v) is 5.40. The van der Waals surface area contributed by atoms with Gasteiger partial charge in [0, 0.05) is 10.1 Å². The van der Waals surface area contributed by atoms with Crippen LogP contribution in [0.2, 0.25) is 10.0 Å². The van der Waals surface area contributed by atoms with Gasteiger partial charge in [-0.3, -0.25) is 24.2 Å². The van der Waals surface area contributed by atoms with E-state index >= 15 is 0 Å². The van der Waals surface area contributed by atoms with Gasteiger partial charge in [-0.15, -0.1) is 11.3 Å². The van der Waals surface area contributed by atoms with Gasteiger partial charge in [0.25, 0.3) is 17.7 Å². The van der Waals surface area contributed by atoms with Crippen LogP contribution in [0.25, 0.3) is 10.1 Å². The molecule has 0 unspecified atom stereocenters. The maximum absolute atomic E-state index is 13.7. The van der Waals surface area contributed by atoms with E-state index in [1.165, 1.54) is 16.2 Å². The van der Waals surface area contributed by atoms with E-state index in [9.17, 15) is 14.4 Å². The minimum atomic E-state index is -0.460. The fourth-order valence-electron chi connectivity index (χ4n) is 3.70. The lowest BCUT2D eigenvalue weighted by molar-refractivity contribution is 0.0650. The van der Waals surface area contributed by atoms with Gasteiger partial charge < -0.3 is 0 Å². The normalized spacial score (nSPS) is 13.0. The van der Waals surface area contributed by atoms with Gasteiger partial charge in [0.1, 0.15) is 11.5 Å². The maximum atomic E-state index is 13.7. The molecule has 0 bridgehead atoms. The summed E-state index contributed by atoms with van der Waals surface area (Å²) in [5.74, 6) is -1.36. The molecule has 0 atom stereocenters. The van der Waals surface area contributed by atoms with Gasteiger partial charge in [0.2, 0.25) is 0 Å². The van der Waals surface area contributed by atoms with Crippen molar-refractivity contribution in [1.29, 1.82) is 0 Å². The number of nitrogens with zero attached hydrogens (tertiary/aromatic N) is 2. The SMILES string of the molecule is O=C1c2ccccc2C(=O)N1CN(C(=O)c1sc2ccccc2c1Cl)c1ccccc1Cl. The fraction of sp³-hybridized carbons (Fsp3) is 0.0417. The van der Waals surface area contributed by atoms with Gasteiger partial charge in [0.15, 0.2) is 0 Å². The Hall–Kier alpha value is -3.19. The van der Waals surface area contributed by atoms with E-state index in [-0.39, 0.29) is 6.67 Å². The molecule has 1 aliphatic rings. The molecule has 3 amide bonds. The zero-order chi connectivity index (χ0) is 22.4. The van der Waals surface area contributed by atoms with Crippen LogP contribution in [0.15, 0.2) is 72.8 Å². The summed E-state index contributed by atoms with van der Waals surface area (Å²) in [4.78, 5) is 42.3. The summed E-state index contributed by atoms with van der Waals surface area (Å²) >= 11 is 14.2. The lowest BCUT2D eigenvalue weighted by Gasteiger charge is -2.27. The van der Waals surface area contributed by atoms with E-state index in [2.05, 4.69) is 0 Å². The van der Waals surface area contributed by atoms with E-state index in [0.29, 0.717) is 31.7 Å². The Bertz CT molecular complexity index is 1380. The first-order valence-electron chi connectivity index (χ1n) is 9.66. The van der Waals surface area contributed by atoms with Crippen molar-refractivity contribution in [2.75, 3.05) is 11.6 Å².